The lowest BCUT2D eigenvalue weighted by Gasteiger charge is -2.18. The molecule has 0 aliphatic rings. The van der Waals surface area contributed by atoms with Crippen LogP contribution in [0.5, 0.6) is 0 Å². The van der Waals surface area contributed by atoms with E-state index in [9.17, 15) is 22.8 Å². The SMILES string of the molecule is CNc1nc(-c2cncc(C(F)(F)F)c2)nc2cc(NC(=O)c3c(Cl)ccc(CNC(=O)C(C)(C)C)c3Cl)ccc12. The van der Waals surface area contributed by atoms with Gasteiger partial charge in [-0.3, -0.25) is 14.6 Å². The van der Waals surface area contributed by atoms with Crippen molar-refractivity contribution in [2.45, 2.75) is 33.5 Å². The highest BCUT2D eigenvalue weighted by atomic mass is 35.5. The Morgan fingerprint density at radius 3 is 2.37 bits per heavy atom. The standard InChI is InChI=1S/C28H25Cl2F3N6O2/c1-27(2,3)26(41)36-12-14-5-8-19(29)21(22(14)30)25(40)37-17-6-7-18-20(10-17)38-23(39-24(18)34-4)15-9-16(13-35-11-15)28(31,32)33/h5-11,13H,12H2,1-4H3,(H,36,41)(H,37,40)(H,34,38,39). The van der Waals surface area contributed by atoms with E-state index in [-0.39, 0.29) is 39.4 Å². The molecule has 2 aromatic carbocycles. The van der Waals surface area contributed by atoms with Crippen LogP contribution >= 0.6 is 23.2 Å². The fraction of sp³-hybridized carbons (Fsp3) is 0.250. The van der Waals surface area contributed by atoms with Crippen molar-refractivity contribution >= 4 is 57.4 Å². The first-order chi connectivity index (χ1) is 19.2. The molecule has 8 nitrogen and oxygen atoms in total. The molecule has 0 fully saturated rings. The Hall–Kier alpha value is -3.96. The molecule has 0 saturated heterocycles. The van der Waals surface area contributed by atoms with Crippen LogP contribution in [0.1, 0.15) is 42.3 Å². The number of carbonyl (C=O) groups is 2. The van der Waals surface area contributed by atoms with Gasteiger partial charge < -0.3 is 16.0 Å². The molecule has 0 aliphatic heterocycles. The third kappa shape index (κ3) is 6.68. The van der Waals surface area contributed by atoms with E-state index >= 15 is 0 Å². The third-order valence-corrected chi connectivity index (χ3v) is 6.78. The molecule has 0 radical (unpaired) electrons. The van der Waals surface area contributed by atoms with Crippen molar-refractivity contribution in [2.24, 2.45) is 5.41 Å². The van der Waals surface area contributed by atoms with Crippen molar-refractivity contribution in [3.63, 3.8) is 0 Å². The molecule has 4 aromatic rings. The van der Waals surface area contributed by atoms with E-state index in [0.717, 1.165) is 12.3 Å². The number of rotatable bonds is 6. The minimum absolute atomic E-state index is 0.0139. The van der Waals surface area contributed by atoms with E-state index in [0.29, 0.717) is 28.0 Å². The normalized spacial score (nSPS) is 11.8. The number of pyridine rings is 1. The fourth-order valence-corrected chi connectivity index (χ4v) is 4.43. The van der Waals surface area contributed by atoms with Gasteiger partial charge in [0.15, 0.2) is 5.82 Å². The van der Waals surface area contributed by atoms with Crippen LogP contribution in [0.4, 0.5) is 24.7 Å². The van der Waals surface area contributed by atoms with Crippen LogP contribution in [-0.2, 0) is 17.5 Å². The monoisotopic (exact) mass is 604 g/mol. The lowest BCUT2D eigenvalue weighted by Crippen LogP contribution is -2.34. The number of fused-ring (bicyclic) bond motifs is 1. The minimum atomic E-state index is -4.58. The molecule has 2 aromatic heterocycles. The Bertz CT molecular complexity index is 1650. The topological polar surface area (TPSA) is 109 Å². The number of aromatic nitrogens is 3. The summed E-state index contributed by atoms with van der Waals surface area (Å²) in [4.78, 5) is 38.0. The van der Waals surface area contributed by atoms with Crippen molar-refractivity contribution in [3.8, 4) is 11.4 Å². The summed E-state index contributed by atoms with van der Waals surface area (Å²) in [6, 6.07) is 8.89. The highest BCUT2D eigenvalue weighted by Crippen LogP contribution is 2.33. The molecule has 214 valence electrons. The molecule has 0 saturated carbocycles. The Balaban J connectivity index is 1.66. The highest BCUT2D eigenvalue weighted by Gasteiger charge is 2.31. The summed E-state index contributed by atoms with van der Waals surface area (Å²) in [5, 5.41) is 9.21. The number of amides is 2. The minimum Gasteiger partial charge on any atom is -0.373 e. The van der Waals surface area contributed by atoms with Gasteiger partial charge in [-0.25, -0.2) is 9.97 Å². The third-order valence-electron chi connectivity index (χ3n) is 6.03. The molecule has 3 N–H and O–H groups in total. The smallest absolute Gasteiger partial charge is 0.373 e. The number of nitrogens with one attached hydrogen (secondary N) is 3. The number of carbonyl (C=O) groups excluding carboxylic acids is 2. The van der Waals surface area contributed by atoms with E-state index in [1.807, 2.05) is 0 Å². The summed E-state index contributed by atoms with van der Waals surface area (Å²) in [7, 11) is 1.62. The molecular weight excluding hydrogens is 580 g/mol. The van der Waals surface area contributed by atoms with Gasteiger partial charge in [0.1, 0.15) is 5.82 Å². The van der Waals surface area contributed by atoms with E-state index in [1.54, 1.807) is 52.1 Å². The first-order valence-electron chi connectivity index (χ1n) is 12.3. The number of halogens is 5. The van der Waals surface area contributed by atoms with E-state index < -0.39 is 23.1 Å². The number of hydrogen-bond acceptors (Lipinski definition) is 6. The number of alkyl halides is 3. The molecule has 2 amide bonds. The Morgan fingerprint density at radius 2 is 1.71 bits per heavy atom. The Kier molecular flexibility index (Phi) is 8.41. The average molecular weight is 605 g/mol. The second-order valence-corrected chi connectivity index (χ2v) is 10.9. The van der Waals surface area contributed by atoms with E-state index in [4.69, 9.17) is 23.2 Å². The molecule has 13 heteroatoms. The van der Waals surface area contributed by atoms with Gasteiger partial charge in [-0.1, -0.05) is 50.0 Å². The van der Waals surface area contributed by atoms with Crippen LogP contribution in [0.15, 0.2) is 48.8 Å². The van der Waals surface area contributed by atoms with Crippen molar-refractivity contribution in [1.82, 2.24) is 20.3 Å². The average Bonchev–Trinajstić information content (AvgIpc) is 2.90. The summed E-state index contributed by atoms with van der Waals surface area (Å²) >= 11 is 12.8. The van der Waals surface area contributed by atoms with Crippen molar-refractivity contribution in [3.05, 3.63) is 75.5 Å². The van der Waals surface area contributed by atoms with Crippen LogP contribution < -0.4 is 16.0 Å². The molecule has 0 spiro atoms. The predicted molar refractivity (Wildman–Crippen MR) is 153 cm³/mol. The van der Waals surface area contributed by atoms with E-state index in [2.05, 4.69) is 30.9 Å². The largest absolute Gasteiger partial charge is 0.417 e. The van der Waals surface area contributed by atoms with E-state index in [1.165, 1.54) is 12.3 Å². The lowest BCUT2D eigenvalue weighted by molar-refractivity contribution is -0.137. The summed E-state index contributed by atoms with van der Waals surface area (Å²) in [6.07, 6.45) is -2.62. The van der Waals surface area contributed by atoms with Crippen LogP contribution in [0.2, 0.25) is 10.0 Å². The Morgan fingerprint density at radius 1 is 0.976 bits per heavy atom. The van der Waals surface area contributed by atoms with Crippen LogP contribution in [0.3, 0.4) is 0 Å². The maximum Gasteiger partial charge on any atom is 0.417 e. The van der Waals surface area contributed by atoms with Crippen molar-refractivity contribution in [1.29, 1.82) is 0 Å². The van der Waals surface area contributed by atoms with Gasteiger partial charge in [-0.05, 0) is 35.9 Å². The van der Waals surface area contributed by atoms with Crippen molar-refractivity contribution < 1.29 is 22.8 Å². The first-order valence-corrected chi connectivity index (χ1v) is 13.0. The van der Waals surface area contributed by atoms with Gasteiger partial charge in [-0.2, -0.15) is 13.2 Å². The molecule has 0 aliphatic carbocycles. The van der Waals surface area contributed by atoms with Gasteiger partial charge in [-0.15, -0.1) is 0 Å². The first kappa shape index (κ1) is 30.0. The zero-order chi connectivity index (χ0) is 30.1. The quantitative estimate of drug-likeness (QED) is 0.219. The summed E-state index contributed by atoms with van der Waals surface area (Å²) in [5.74, 6) is -0.404. The molecule has 4 rings (SSSR count). The molecular formula is C28H25Cl2F3N6O2. The molecule has 2 heterocycles. The molecule has 0 unspecified atom stereocenters. The zero-order valence-electron chi connectivity index (χ0n) is 22.4. The molecule has 0 atom stereocenters. The summed E-state index contributed by atoms with van der Waals surface area (Å²) < 4.78 is 39.7. The Labute approximate surface area is 243 Å². The number of hydrogen-bond donors (Lipinski definition) is 3. The van der Waals surface area contributed by atoms with Gasteiger partial charge in [0, 0.05) is 48.0 Å². The predicted octanol–water partition coefficient (Wildman–Crippen LogP) is 6.97. The van der Waals surface area contributed by atoms with Crippen LogP contribution in [0.25, 0.3) is 22.3 Å². The fourth-order valence-electron chi connectivity index (χ4n) is 3.82. The molecule has 0 bridgehead atoms. The van der Waals surface area contributed by atoms with Crippen LogP contribution in [-0.4, -0.2) is 33.8 Å². The van der Waals surface area contributed by atoms with Gasteiger partial charge >= 0.3 is 6.18 Å². The number of benzene rings is 2. The maximum atomic E-state index is 13.3. The lowest BCUT2D eigenvalue weighted by atomic mass is 9.95. The van der Waals surface area contributed by atoms with Crippen LogP contribution in [0, 0.1) is 5.41 Å². The van der Waals surface area contributed by atoms with Gasteiger partial charge in [0.2, 0.25) is 5.91 Å². The molecule has 41 heavy (non-hydrogen) atoms. The second-order valence-electron chi connectivity index (χ2n) is 10.1. The summed E-state index contributed by atoms with van der Waals surface area (Å²) in [5.41, 5.74) is -0.265. The number of nitrogens with zero attached hydrogens (tertiary/aromatic N) is 3. The number of anilines is 2. The van der Waals surface area contributed by atoms with Crippen molar-refractivity contribution in [2.75, 3.05) is 17.7 Å². The van der Waals surface area contributed by atoms with Gasteiger partial charge in [0.25, 0.3) is 5.91 Å². The zero-order valence-corrected chi connectivity index (χ0v) is 23.9. The highest BCUT2D eigenvalue weighted by molar-refractivity contribution is 6.40. The van der Waals surface area contributed by atoms with Gasteiger partial charge in [0.05, 0.1) is 26.7 Å². The summed E-state index contributed by atoms with van der Waals surface area (Å²) in [6.45, 7) is 5.42. The maximum absolute atomic E-state index is 13.3. The second kappa shape index (κ2) is 11.5.